The van der Waals surface area contributed by atoms with Crippen molar-refractivity contribution in [2.75, 3.05) is 11.1 Å². The molecule has 2 unspecified atom stereocenters. The Bertz CT molecular complexity index is 459. The summed E-state index contributed by atoms with van der Waals surface area (Å²) >= 11 is 0. The van der Waals surface area contributed by atoms with Crippen molar-refractivity contribution < 1.29 is 13.2 Å². The zero-order valence-electron chi connectivity index (χ0n) is 11.5. The number of nitrogens with one attached hydrogen (secondary N) is 1. The van der Waals surface area contributed by atoms with Crippen molar-refractivity contribution in [1.82, 2.24) is 4.98 Å². The van der Waals surface area contributed by atoms with Gasteiger partial charge in [0.25, 0.3) is 0 Å². The second-order valence-corrected chi connectivity index (χ2v) is 5.61. The van der Waals surface area contributed by atoms with Crippen LogP contribution in [0.3, 0.4) is 0 Å². The summed E-state index contributed by atoms with van der Waals surface area (Å²) in [5, 5.41) is 3.16. The molecule has 1 heterocycles. The number of pyridine rings is 1. The third kappa shape index (κ3) is 3.77. The standard InChI is InChI=1S/C14H20F3N3/c1-9-3-2-4-10(6-5-9)20-12-7-13(14(15,16)17)19-8-11(12)18/h7-10H,2-6,18H2,1H3,(H,19,20). The molecule has 0 spiro atoms. The fraction of sp³-hybridized carbons (Fsp3) is 0.643. The summed E-state index contributed by atoms with van der Waals surface area (Å²) < 4.78 is 38.0. The Kier molecular flexibility index (Phi) is 4.40. The van der Waals surface area contributed by atoms with E-state index in [1.807, 2.05) is 0 Å². The fourth-order valence-electron chi connectivity index (χ4n) is 2.60. The van der Waals surface area contributed by atoms with E-state index in [9.17, 15) is 13.2 Å². The van der Waals surface area contributed by atoms with Crippen molar-refractivity contribution in [1.29, 1.82) is 0 Å². The lowest BCUT2D eigenvalue weighted by atomic mass is 10.0. The molecule has 0 saturated heterocycles. The minimum Gasteiger partial charge on any atom is -0.396 e. The minimum atomic E-state index is -4.44. The van der Waals surface area contributed by atoms with Crippen LogP contribution in [-0.2, 0) is 6.18 Å². The number of anilines is 2. The summed E-state index contributed by atoms with van der Waals surface area (Å²) in [7, 11) is 0. The van der Waals surface area contributed by atoms with E-state index in [4.69, 9.17) is 5.73 Å². The number of nitrogen functional groups attached to an aromatic ring is 1. The predicted octanol–water partition coefficient (Wildman–Crippen LogP) is 4.06. The second kappa shape index (κ2) is 5.89. The highest BCUT2D eigenvalue weighted by Crippen LogP contribution is 2.32. The van der Waals surface area contributed by atoms with E-state index in [0.717, 1.165) is 37.9 Å². The van der Waals surface area contributed by atoms with Gasteiger partial charge in [-0.15, -0.1) is 0 Å². The number of hydrogen-bond donors (Lipinski definition) is 2. The SMILES string of the molecule is CC1CCCC(Nc2cc(C(F)(F)F)ncc2N)CC1. The summed E-state index contributed by atoms with van der Waals surface area (Å²) in [6.45, 7) is 2.21. The Morgan fingerprint density at radius 1 is 1.25 bits per heavy atom. The maximum Gasteiger partial charge on any atom is 0.433 e. The molecule has 0 radical (unpaired) electrons. The maximum atomic E-state index is 12.7. The quantitative estimate of drug-likeness (QED) is 0.806. The molecule has 0 amide bonds. The van der Waals surface area contributed by atoms with Gasteiger partial charge in [-0.05, 0) is 31.2 Å². The fourth-order valence-corrected chi connectivity index (χ4v) is 2.60. The van der Waals surface area contributed by atoms with Gasteiger partial charge in [-0.3, -0.25) is 0 Å². The molecule has 0 aromatic carbocycles. The van der Waals surface area contributed by atoms with Gasteiger partial charge in [0.2, 0.25) is 0 Å². The van der Waals surface area contributed by atoms with Gasteiger partial charge in [0.15, 0.2) is 0 Å². The van der Waals surface area contributed by atoms with Crippen molar-refractivity contribution in [3.8, 4) is 0 Å². The Balaban J connectivity index is 2.12. The molecule has 2 rings (SSSR count). The number of aromatic nitrogens is 1. The van der Waals surface area contributed by atoms with Crippen LogP contribution in [0.25, 0.3) is 0 Å². The first-order valence-corrected chi connectivity index (χ1v) is 6.95. The van der Waals surface area contributed by atoms with Gasteiger partial charge in [-0.1, -0.05) is 19.8 Å². The molecular weight excluding hydrogens is 267 g/mol. The van der Waals surface area contributed by atoms with Crippen LogP contribution in [0.2, 0.25) is 0 Å². The molecule has 1 aliphatic carbocycles. The summed E-state index contributed by atoms with van der Waals surface area (Å²) in [6, 6.07) is 1.19. The molecule has 1 fully saturated rings. The minimum absolute atomic E-state index is 0.186. The van der Waals surface area contributed by atoms with Gasteiger partial charge in [0.05, 0.1) is 17.6 Å². The summed E-state index contributed by atoms with van der Waals surface area (Å²) in [6.07, 6.45) is 1.92. The van der Waals surface area contributed by atoms with E-state index < -0.39 is 11.9 Å². The predicted molar refractivity (Wildman–Crippen MR) is 73.3 cm³/mol. The molecule has 1 aromatic rings. The summed E-state index contributed by atoms with van der Waals surface area (Å²) in [5.41, 5.74) is 5.42. The van der Waals surface area contributed by atoms with Crippen molar-refractivity contribution in [2.24, 2.45) is 5.92 Å². The number of halogens is 3. The van der Waals surface area contributed by atoms with Crippen molar-refractivity contribution in [3.63, 3.8) is 0 Å². The molecule has 6 heteroatoms. The highest BCUT2D eigenvalue weighted by atomic mass is 19.4. The van der Waals surface area contributed by atoms with Crippen LogP contribution in [0, 0.1) is 5.92 Å². The molecular formula is C14H20F3N3. The monoisotopic (exact) mass is 287 g/mol. The first-order chi connectivity index (χ1) is 9.36. The van der Waals surface area contributed by atoms with Crippen LogP contribution < -0.4 is 11.1 Å². The van der Waals surface area contributed by atoms with Crippen LogP contribution >= 0.6 is 0 Å². The molecule has 3 N–H and O–H groups in total. The largest absolute Gasteiger partial charge is 0.433 e. The maximum absolute atomic E-state index is 12.7. The van der Waals surface area contributed by atoms with E-state index in [1.165, 1.54) is 6.42 Å². The number of nitrogens with zero attached hydrogens (tertiary/aromatic N) is 1. The third-order valence-corrected chi connectivity index (χ3v) is 3.84. The van der Waals surface area contributed by atoms with Gasteiger partial charge in [0.1, 0.15) is 5.69 Å². The van der Waals surface area contributed by atoms with Crippen LogP contribution in [0.1, 0.15) is 44.7 Å². The second-order valence-electron chi connectivity index (χ2n) is 5.61. The molecule has 2 atom stereocenters. The van der Waals surface area contributed by atoms with Crippen molar-refractivity contribution in [3.05, 3.63) is 18.0 Å². The average Bonchev–Trinajstić information content (AvgIpc) is 2.56. The topological polar surface area (TPSA) is 50.9 Å². The average molecular weight is 287 g/mol. The van der Waals surface area contributed by atoms with Crippen LogP contribution in [-0.4, -0.2) is 11.0 Å². The van der Waals surface area contributed by atoms with Crippen molar-refractivity contribution in [2.45, 2.75) is 51.2 Å². The number of alkyl halides is 3. The Morgan fingerprint density at radius 3 is 2.70 bits per heavy atom. The molecule has 112 valence electrons. The Hall–Kier alpha value is -1.46. The lowest BCUT2D eigenvalue weighted by Crippen LogP contribution is -2.20. The van der Waals surface area contributed by atoms with Gasteiger partial charge >= 0.3 is 6.18 Å². The first-order valence-electron chi connectivity index (χ1n) is 6.95. The van der Waals surface area contributed by atoms with Gasteiger partial charge in [-0.25, -0.2) is 4.98 Å². The lowest BCUT2D eigenvalue weighted by Gasteiger charge is -2.20. The van der Waals surface area contributed by atoms with Crippen LogP contribution in [0.5, 0.6) is 0 Å². The smallest absolute Gasteiger partial charge is 0.396 e. The normalized spacial score (nSPS) is 24.2. The first kappa shape index (κ1) is 14.9. The van der Waals surface area contributed by atoms with Gasteiger partial charge < -0.3 is 11.1 Å². The van der Waals surface area contributed by atoms with Crippen LogP contribution in [0.15, 0.2) is 12.3 Å². The molecule has 1 saturated carbocycles. The third-order valence-electron chi connectivity index (χ3n) is 3.84. The molecule has 3 nitrogen and oxygen atoms in total. The Morgan fingerprint density at radius 2 is 2.00 bits per heavy atom. The molecule has 20 heavy (non-hydrogen) atoms. The molecule has 0 aliphatic heterocycles. The molecule has 0 bridgehead atoms. The number of nitrogens with two attached hydrogens (primary N) is 1. The summed E-state index contributed by atoms with van der Waals surface area (Å²) in [5.74, 6) is 0.683. The summed E-state index contributed by atoms with van der Waals surface area (Å²) in [4.78, 5) is 3.34. The van der Waals surface area contributed by atoms with E-state index in [1.54, 1.807) is 0 Å². The zero-order chi connectivity index (χ0) is 14.8. The molecule has 1 aromatic heterocycles. The Labute approximate surface area is 116 Å². The molecule has 1 aliphatic rings. The van der Waals surface area contributed by atoms with E-state index in [0.29, 0.717) is 11.6 Å². The highest BCUT2D eigenvalue weighted by Gasteiger charge is 2.33. The van der Waals surface area contributed by atoms with Gasteiger partial charge in [-0.2, -0.15) is 13.2 Å². The van der Waals surface area contributed by atoms with E-state index in [-0.39, 0.29) is 11.7 Å². The van der Waals surface area contributed by atoms with E-state index >= 15 is 0 Å². The number of hydrogen-bond acceptors (Lipinski definition) is 3. The zero-order valence-corrected chi connectivity index (χ0v) is 11.5. The van der Waals surface area contributed by atoms with E-state index in [2.05, 4.69) is 17.2 Å². The van der Waals surface area contributed by atoms with Crippen LogP contribution in [0.4, 0.5) is 24.5 Å². The lowest BCUT2D eigenvalue weighted by molar-refractivity contribution is -0.141. The van der Waals surface area contributed by atoms with Gasteiger partial charge in [0, 0.05) is 6.04 Å². The number of rotatable bonds is 2. The highest BCUT2D eigenvalue weighted by molar-refractivity contribution is 5.65. The van der Waals surface area contributed by atoms with Crippen molar-refractivity contribution >= 4 is 11.4 Å².